The smallest absolute Gasteiger partial charge is 0.328 e. The summed E-state index contributed by atoms with van der Waals surface area (Å²) in [5, 5.41) is 8.03. The monoisotopic (exact) mass is 267 g/mol. The van der Waals surface area contributed by atoms with Gasteiger partial charge in [-0.15, -0.1) is 11.6 Å². The summed E-state index contributed by atoms with van der Waals surface area (Å²) in [5.74, 6) is -2.12. The molecule has 2 rings (SSSR count). The highest BCUT2D eigenvalue weighted by molar-refractivity contribution is 7.94. The van der Waals surface area contributed by atoms with Crippen LogP contribution in [-0.2, 0) is 19.4 Å². The van der Waals surface area contributed by atoms with Crippen molar-refractivity contribution in [3.63, 3.8) is 0 Å². The molecule has 2 unspecified atom stereocenters. The van der Waals surface area contributed by atoms with Crippen LogP contribution in [-0.4, -0.2) is 52.3 Å². The lowest BCUT2D eigenvalue weighted by Gasteiger charge is -2.35. The van der Waals surface area contributed by atoms with Crippen molar-refractivity contribution >= 4 is 33.3 Å². The molecular weight excluding hydrogens is 258 g/mol. The number of β-lactam (4-membered cyclic amide) rings is 1. The molecule has 0 aromatic heterocycles. The first-order chi connectivity index (χ1) is 7.27. The van der Waals surface area contributed by atoms with Crippen molar-refractivity contribution in [2.75, 3.05) is 5.88 Å². The van der Waals surface area contributed by atoms with Gasteiger partial charge < -0.3 is 10.0 Å². The summed E-state index contributed by atoms with van der Waals surface area (Å²) >= 11 is 5.60. The molecule has 0 aromatic rings. The summed E-state index contributed by atoms with van der Waals surface area (Å²) in [7, 11) is -3.71. The number of rotatable bonds is 2. The number of aliphatic carboxylic acids is 1. The van der Waals surface area contributed by atoms with E-state index in [-0.39, 0.29) is 12.3 Å². The van der Waals surface area contributed by atoms with Crippen LogP contribution in [0.5, 0.6) is 0 Å². The average Bonchev–Trinajstić information content (AvgIpc) is 2.32. The Kier molecular flexibility index (Phi) is 2.26. The Bertz CT molecular complexity index is 475. The summed E-state index contributed by atoms with van der Waals surface area (Å²) in [6.45, 7) is 1.28. The van der Waals surface area contributed by atoms with E-state index in [0.717, 1.165) is 4.90 Å². The molecule has 8 heteroatoms. The highest BCUT2D eigenvalue weighted by Gasteiger charge is 2.69. The maximum atomic E-state index is 12.0. The zero-order valence-electron chi connectivity index (χ0n) is 8.38. The quantitative estimate of drug-likeness (QED) is 0.534. The minimum atomic E-state index is -3.71. The number of fused-ring (bicyclic) bond motifs is 1. The second kappa shape index (κ2) is 3.10. The number of hydrogen-bond acceptors (Lipinski definition) is 4. The van der Waals surface area contributed by atoms with E-state index < -0.39 is 37.9 Å². The molecule has 0 spiro atoms. The molecule has 2 aliphatic rings. The van der Waals surface area contributed by atoms with Crippen LogP contribution in [0.25, 0.3) is 0 Å². The Balaban J connectivity index is 2.59. The predicted octanol–water partition coefficient (Wildman–Crippen LogP) is -0.576. The highest BCUT2D eigenvalue weighted by atomic mass is 35.5. The number of carbonyl (C=O) groups is 2. The minimum absolute atomic E-state index is 0.140. The van der Waals surface area contributed by atoms with Crippen LogP contribution in [0.15, 0.2) is 0 Å². The summed E-state index contributed by atoms with van der Waals surface area (Å²) in [6.07, 6.45) is -0.140. The van der Waals surface area contributed by atoms with Crippen LogP contribution in [0.1, 0.15) is 13.3 Å². The molecule has 16 heavy (non-hydrogen) atoms. The molecule has 6 nitrogen and oxygen atoms in total. The van der Waals surface area contributed by atoms with Gasteiger partial charge in [-0.05, 0) is 6.92 Å². The fourth-order valence-electron chi connectivity index (χ4n) is 2.26. The van der Waals surface area contributed by atoms with Crippen LogP contribution in [0.2, 0.25) is 0 Å². The number of carbonyl (C=O) groups excluding carboxylic acids is 1. The van der Waals surface area contributed by atoms with Crippen molar-refractivity contribution in [2.45, 2.75) is 29.5 Å². The molecule has 2 aliphatic heterocycles. The lowest BCUT2D eigenvalue weighted by atomic mass is 9.98. The molecule has 0 saturated carbocycles. The number of sulfone groups is 1. The van der Waals surface area contributed by atoms with E-state index in [9.17, 15) is 18.0 Å². The van der Waals surface area contributed by atoms with Crippen molar-refractivity contribution < 1.29 is 23.1 Å². The fraction of sp³-hybridized carbons (Fsp3) is 0.750. The number of carboxylic acids is 1. The number of alkyl halides is 1. The van der Waals surface area contributed by atoms with E-state index in [1.807, 2.05) is 0 Å². The lowest BCUT2D eigenvalue weighted by molar-refractivity contribution is -0.157. The number of hydrogen-bond donors (Lipinski definition) is 1. The van der Waals surface area contributed by atoms with Gasteiger partial charge in [0.25, 0.3) is 0 Å². The van der Waals surface area contributed by atoms with Crippen LogP contribution >= 0.6 is 11.6 Å². The van der Waals surface area contributed by atoms with Gasteiger partial charge in [0.2, 0.25) is 5.91 Å². The molecule has 0 aliphatic carbocycles. The van der Waals surface area contributed by atoms with Crippen LogP contribution < -0.4 is 0 Å². The third kappa shape index (κ3) is 1.05. The molecule has 1 N–H and O–H groups in total. The van der Waals surface area contributed by atoms with Gasteiger partial charge in [-0.1, -0.05) is 0 Å². The molecule has 90 valence electrons. The lowest BCUT2D eigenvalue weighted by Crippen LogP contribution is -2.57. The third-order valence-corrected chi connectivity index (χ3v) is 6.80. The SMILES string of the molecule is C[C@]1(CCl)C(C(=O)O)N2C(=O)CC2S1(=O)=O. The third-order valence-electron chi connectivity index (χ3n) is 3.31. The van der Waals surface area contributed by atoms with Crippen molar-refractivity contribution in [2.24, 2.45) is 0 Å². The fourth-order valence-corrected chi connectivity index (χ4v) is 5.06. The number of carboxylic acid groups (broad SMARTS) is 1. The first kappa shape index (κ1) is 11.7. The largest absolute Gasteiger partial charge is 0.480 e. The Hall–Kier alpha value is -0.820. The van der Waals surface area contributed by atoms with Crippen LogP contribution in [0.4, 0.5) is 0 Å². The van der Waals surface area contributed by atoms with Gasteiger partial charge in [-0.25, -0.2) is 13.2 Å². The Morgan fingerprint density at radius 2 is 2.25 bits per heavy atom. The van der Waals surface area contributed by atoms with Gasteiger partial charge in [0, 0.05) is 5.88 Å². The number of halogens is 1. The average molecular weight is 268 g/mol. The minimum Gasteiger partial charge on any atom is -0.480 e. The van der Waals surface area contributed by atoms with E-state index in [2.05, 4.69) is 0 Å². The molecule has 0 aromatic carbocycles. The molecule has 0 radical (unpaired) electrons. The van der Waals surface area contributed by atoms with E-state index in [4.69, 9.17) is 16.7 Å². The second-order valence-electron chi connectivity index (χ2n) is 4.19. The molecular formula is C8H10ClNO5S. The maximum Gasteiger partial charge on any atom is 0.328 e. The Morgan fingerprint density at radius 1 is 1.69 bits per heavy atom. The molecule has 1 amide bonds. The van der Waals surface area contributed by atoms with Crippen molar-refractivity contribution in [3.05, 3.63) is 0 Å². The van der Waals surface area contributed by atoms with Crippen LogP contribution in [0, 0.1) is 0 Å². The van der Waals surface area contributed by atoms with Gasteiger partial charge in [0.05, 0.1) is 6.42 Å². The second-order valence-corrected chi connectivity index (χ2v) is 7.03. The molecule has 0 bridgehead atoms. The van der Waals surface area contributed by atoms with Gasteiger partial charge in [-0.2, -0.15) is 0 Å². The van der Waals surface area contributed by atoms with Crippen molar-refractivity contribution in [1.82, 2.24) is 4.90 Å². The first-order valence-electron chi connectivity index (χ1n) is 4.60. The number of nitrogens with zero attached hydrogens (tertiary/aromatic N) is 1. The Morgan fingerprint density at radius 3 is 2.62 bits per heavy atom. The summed E-state index contributed by atoms with van der Waals surface area (Å²) < 4.78 is 22.5. The molecule has 3 atom stereocenters. The highest BCUT2D eigenvalue weighted by Crippen LogP contribution is 2.46. The standard InChI is InChI=1S/C8H10ClNO5S/c1-8(3-9)6(7(12)13)10-4(11)2-5(10)16(8,14)15/h5-6H,2-3H2,1H3,(H,12,13)/t5?,6?,8-/m0/s1. The van der Waals surface area contributed by atoms with Crippen LogP contribution in [0.3, 0.4) is 0 Å². The first-order valence-corrected chi connectivity index (χ1v) is 6.69. The van der Waals surface area contributed by atoms with Gasteiger partial charge in [0.1, 0.15) is 10.1 Å². The maximum absolute atomic E-state index is 12.0. The Labute approximate surface area is 97.1 Å². The van der Waals surface area contributed by atoms with Crippen molar-refractivity contribution in [3.8, 4) is 0 Å². The normalized spacial score (nSPS) is 40.4. The van der Waals surface area contributed by atoms with E-state index in [1.165, 1.54) is 6.92 Å². The van der Waals surface area contributed by atoms with Gasteiger partial charge in [-0.3, -0.25) is 4.79 Å². The van der Waals surface area contributed by atoms with Crippen molar-refractivity contribution in [1.29, 1.82) is 0 Å². The zero-order valence-corrected chi connectivity index (χ0v) is 9.95. The summed E-state index contributed by atoms with van der Waals surface area (Å²) in [5.41, 5.74) is 0. The van der Waals surface area contributed by atoms with Gasteiger partial charge in [0.15, 0.2) is 15.9 Å². The molecule has 2 heterocycles. The summed E-state index contributed by atoms with van der Waals surface area (Å²) in [4.78, 5) is 23.3. The van der Waals surface area contributed by atoms with E-state index in [1.54, 1.807) is 0 Å². The molecule has 2 fully saturated rings. The topological polar surface area (TPSA) is 91.8 Å². The summed E-state index contributed by atoms with van der Waals surface area (Å²) in [6, 6.07) is -1.37. The number of amides is 1. The van der Waals surface area contributed by atoms with E-state index in [0.29, 0.717) is 0 Å². The van der Waals surface area contributed by atoms with E-state index >= 15 is 0 Å². The van der Waals surface area contributed by atoms with Gasteiger partial charge >= 0.3 is 5.97 Å². The predicted molar refractivity (Wildman–Crippen MR) is 54.7 cm³/mol. The zero-order chi connectivity index (χ0) is 12.3. The molecule has 2 saturated heterocycles.